The maximum Gasteiger partial charge on any atom is 0.0171 e. The molecule has 0 amide bonds. The molecule has 0 saturated heterocycles. The molecule has 0 nitrogen and oxygen atoms in total. The quantitative estimate of drug-likeness (QED) is 0.453. The lowest BCUT2D eigenvalue weighted by atomic mass is 10.1. The first-order chi connectivity index (χ1) is 3.81. The fourth-order valence-corrected chi connectivity index (χ4v) is 0.348. The Morgan fingerprint density at radius 3 is 2.62 bits per heavy atom. The van der Waals surface area contributed by atoms with Crippen LogP contribution in [0.1, 0.15) is 26.7 Å². The minimum absolute atomic E-state index is 0.553. The van der Waals surface area contributed by atoms with Gasteiger partial charge in [0.2, 0.25) is 0 Å². The molecule has 1 unspecified atom stereocenters. The van der Waals surface area contributed by atoms with Gasteiger partial charge in [-0.1, -0.05) is 13.8 Å². The molecule has 0 spiro atoms. The Morgan fingerprint density at radius 2 is 2.25 bits per heavy atom. The van der Waals surface area contributed by atoms with E-state index in [0.29, 0.717) is 5.92 Å². The van der Waals surface area contributed by atoms with Gasteiger partial charge in [0.25, 0.3) is 0 Å². The lowest BCUT2D eigenvalue weighted by molar-refractivity contribution is 0.723. The van der Waals surface area contributed by atoms with Gasteiger partial charge in [-0.3, -0.25) is 0 Å². The monoisotopic (exact) mass is 109 g/mol. The van der Waals surface area contributed by atoms with Gasteiger partial charge < -0.3 is 0 Å². The molecule has 0 aromatic rings. The molecule has 0 aliphatic carbocycles. The average Bonchev–Trinajstić information content (AvgIpc) is 1.83. The van der Waals surface area contributed by atoms with Crippen LogP contribution in [0.2, 0.25) is 0 Å². The molecule has 1 atom stereocenters. The van der Waals surface area contributed by atoms with E-state index in [0.717, 1.165) is 12.8 Å². The molecule has 0 heteroatoms. The second-order valence-corrected chi connectivity index (χ2v) is 1.88. The normalized spacial score (nSPS) is 11.9. The number of rotatable bonds is 1. The Balaban J connectivity index is 3.35. The Kier molecular flexibility index (Phi) is 4.45. The predicted octanol–water partition coefficient (Wildman–Crippen LogP) is 2.26. The minimum atomic E-state index is 0.553. The predicted molar refractivity (Wildman–Crippen MR) is 37.2 cm³/mol. The third-order valence-electron chi connectivity index (χ3n) is 1.09. The maximum atomic E-state index is 3.62. The van der Waals surface area contributed by atoms with Crippen LogP contribution >= 0.6 is 0 Å². The molecule has 1 radical (unpaired) electrons. The largest absolute Gasteiger partial charge is 0.103 e. The SMILES string of the molecule is [CH2]CC#CC(C)CC. The van der Waals surface area contributed by atoms with Gasteiger partial charge in [-0.2, -0.15) is 0 Å². The van der Waals surface area contributed by atoms with Crippen LogP contribution in [0.5, 0.6) is 0 Å². The zero-order valence-corrected chi connectivity index (χ0v) is 5.70. The summed E-state index contributed by atoms with van der Waals surface area (Å²) in [5, 5.41) is 0. The fourth-order valence-electron chi connectivity index (χ4n) is 0.348. The summed E-state index contributed by atoms with van der Waals surface area (Å²) in [6.45, 7) is 7.89. The van der Waals surface area contributed by atoms with E-state index < -0.39 is 0 Å². The molecular weight excluding hydrogens is 96.1 g/mol. The Hall–Kier alpha value is -0.440. The molecule has 0 aliphatic rings. The molecule has 0 aromatic heterocycles. The van der Waals surface area contributed by atoms with Crippen molar-refractivity contribution in [3.05, 3.63) is 6.92 Å². The Morgan fingerprint density at radius 1 is 1.62 bits per heavy atom. The van der Waals surface area contributed by atoms with Gasteiger partial charge in [-0.05, 0) is 13.3 Å². The van der Waals surface area contributed by atoms with Crippen molar-refractivity contribution >= 4 is 0 Å². The first kappa shape index (κ1) is 7.56. The molecule has 45 valence electrons. The van der Waals surface area contributed by atoms with Gasteiger partial charge >= 0.3 is 0 Å². The molecule has 0 heterocycles. The highest BCUT2D eigenvalue weighted by Gasteiger charge is 1.86. The van der Waals surface area contributed by atoms with Crippen molar-refractivity contribution in [2.75, 3.05) is 0 Å². The van der Waals surface area contributed by atoms with E-state index in [1.165, 1.54) is 0 Å². The summed E-state index contributed by atoms with van der Waals surface area (Å²) in [7, 11) is 0. The van der Waals surface area contributed by atoms with E-state index in [9.17, 15) is 0 Å². The van der Waals surface area contributed by atoms with Crippen LogP contribution in [0.3, 0.4) is 0 Å². The van der Waals surface area contributed by atoms with Gasteiger partial charge in [-0.25, -0.2) is 0 Å². The summed E-state index contributed by atoms with van der Waals surface area (Å²) >= 11 is 0. The van der Waals surface area contributed by atoms with Gasteiger partial charge in [0.15, 0.2) is 0 Å². The summed E-state index contributed by atoms with van der Waals surface area (Å²) in [5.74, 6) is 6.56. The van der Waals surface area contributed by atoms with Gasteiger partial charge in [0.1, 0.15) is 0 Å². The maximum absolute atomic E-state index is 3.62. The van der Waals surface area contributed by atoms with Crippen molar-refractivity contribution in [3.63, 3.8) is 0 Å². The third-order valence-corrected chi connectivity index (χ3v) is 1.09. The summed E-state index contributed by atoms with van der Waals surface area (Å²) in [6.07, 6.45) is 1.89. The van der Waals surface area contributed by atoms with E-state index in [-0.39, 0.29) is 0 Å². The molecule has 0 saturated carbocycles. The van der Waals surface area contributed by atoms with Crippen molar-refractivity contribution in [2.45, 2.75) is 26.7 Å². The van der Waals surface area contributed by atoms with Crippen molar-refractivity contribution in [1.29, 1.82) is 0 Å². The van der Waals surface area contributed by atoms with E-state index in [2.05, 4.69) is 32.6 Å². The van der Waals surface area contributed by atoms with Crippen molar-refractivity contribution in [2.24, 2.45) is 5.92 Å². The number of hydrogen-bond acceptors (Lipinski definition) is 0. The summed E-state index contributed by atoms with van der Waals surface area (Å²) in [5.41, 5.74) is 0. The first-order valence-electron chi connectivity index (χ1n) is 3.08. The second-order valence-electron chi connectivity index (χ2n) is 1.88. The zero-order valence-electron chi connectivity index (χ0n) is 5.70. The molecular formula is C8H13. The molecule has 8 heavy (non-hydrogen) atoms. The lowest BCUT2D eigenvalue weighted by Crippen LogP contribution is -1.83. The molecule has 0 fully saturated rings. The topological polar surface area (TPSA) is 0 Å². The Labute approximate surface area is 52.3 Å². The van der Waals surface area contributed by atoms with Crippen molar-refractivity contribution in [1.82, 2.24) is 0 Å². The third kappa shape index (κ3) is 3.74. The summed E-state index contributed by atoms with van der Waals surface area (Å²) in [4.78, 5) is 0. The van der Waals surface area contributed by atoms with Crippen molar-refractivity contribution < 1.29 is 0 Å². The molecule has 0 aromatic carbocycles. The molecule has 0 N–H and O–H groups in total. The second kappa shape index (κ2) is 4.71. The molecule has 0 bridgehead atoms. The Bertz CT molecular complexity index is 92.3. The standard InChI is InChI=1S/C8H13/c1-4-6-7-8(3)5-2/h8H,1,4-5H2,2-3H3. The number of hydrogen-bond donors (Lipinski definition) is 0. The minimum Gasteiger partial charge on any atom is -0.103 e. The fraction of sp³-hybridized carbons (Fsp3) is 0.625. The average molecular weight is 109 g/mol. The lowest BCUT2D eigenvalue weighted by Gasteiger charge is -1.92. The van der Waals surface area contributed by atoms with Gasteiger partial charge in [0, 0.05) is 12.3 Å². The van der Waals surface area contributed by atoms with Crippen LogP contribution in [-0.4, -0.2) is 0 Å². The van der Waals surface area contributed by atoms with E-state index in [1.54, 1.807) is 0 Å². The van der Waals surface area contributed by atoms with Crippen LogP contribution < -0.4 is 0 Å². The highest BCUT2D eigenvalue weighted by atomic mass is 13.9. The highest BCUT2D eigenvalue weighted by Crippen LogP contribution is 1.95. The smallest absolute Gasteiger partial charge is 0.0171 e. The van der Waals surface area contributed by atoms with Crippen LogP contribution in [0.15, 0.2) is 0 Å². The van der Waals surface area contributed by atoms with Crippen LogP contribution in [0, 0.1) is 24.7 Å². The summed E-state index contributed by atoms with van der Waals surface area (Å²) in [6, 6.07) is 0. The van der Waals surface area contributed by atoms with Gasteiger partial charge in [0.05, 0.1) is 0 Å². The van der Waals surface area contributed by atoms with Crippen LogP contribution in [-0.2, 0) is 0 Å². The van der Waals surface area contributed by atoms with Crippen LogP contribution in [0.4, 0.5) is 0 Å². The first-order valence-corrected chi connectivity index (χ1v) is 3.08. The van der Waals surface area contributed by atoms with E-state index in [4.69, 9.17) is 0 Å². The van der Waals surface area contributed by atoms with E-state index >= 15 is 0 Å². The van der Waals surface area contributed by atoms with Gasteiger partial charge in [-0.15, -0.1) is 11.8 Å². The molecule has 0 aliphatic heterocycles. The zero-order chi connectivity index (χ0) is 6.41. The molecule has 0 rings (SSSR count). The van der Waals surface area contributed by atoms with E-state index in [1.807, 2.05) is 0 Å². The van der Waals surface area contributed by atoms with Crippen molar-refractivity contribution in [3.8, 4) is 11.8 Å². The summed E-state index contributed by atoms with van der Waals surface area (Å²) < 4.78 is 0. The van der Waals surface area contributed by atoms with Crippen LogP contribution in [0.25, 0.3) is 0 Å². The highest BCUT2D eigenvalue weighted by molar-refractivity contribution is 5.02.